The van der Waals surface area contributed by atoms with E-state index < -0.39 is 0 Å². The predicted octanol–water partition coefficient (Wildman–Crippen LogP) is 3.53. The molecule has 1 aromatic carbocycles. The van der Waals surface area contributed by atoms with E-state index in [1.54, 1.807) is 12.1 Å². The molecule has 1 atom stereocenters. The normalized spacial score (nSPS) is 12.9. The summed E-state index contributed by atoms with van der Waals surface area (Å²) >= 11 is 4.36. The highest BCUT2D eigenvalue weighted by atomic mass is 32.1. The highest BCUT2D eigenvalue weighted by molar-refractivity contribution is 7.80. The molecule has 0 fully saturated rings. The zero-order valence-electron chi connectivity index (χ0n) is 10.6. The Kier molecular flexibility index (Phi) is 4.89. The summed E-state index contributed by atoms with van der Waals surface area (Å²) in [5, 5.41) is 8.69. The number of nitriles is 1. The number of rotatable bonds is 4. The Morgan fingerprint density at radius 2 is 1.88 bits per heavy atom. The Labute approximate surface area is 109 Å². The molecule has 0 N–H and O–H groups in total. The molecule has 0 spiro atoms. The van der Waals surface area contributed by atoms with Crippen LogP contribution in [0.5, 0.6) is 5.75 Å². The van der Waals surface area contributed by atoms with Crippen molar-refractivity contribution in [2.45, 2.75) is 20.8 Å². The zero-order chi connectivity index (χ0) is 12.9. The van der Waals surface area contributed by atoms with Crippen LogP contribution in [-0.4, -0.2) is 12.4 Å². The molecular formula is C14H19NOS. The fraction of sp³-hybridized carbons (Fsp3) is 0.500. The fourth-order valence-electron chi connectivity index (χ4n) is 1.40. The van der Waals surface area contributed by atoms with Crippen LogP contribution in [0.2, 0.25) is 0 Å². The van der Waals surface area contributed by atoms with Gasteiger partial charge in [-0.15, -0.1) is 0 Å². The van der Waals surface area contributed by atoms with Crippen molar-refractivity contribution in [2.24, 2.45) is 11.3 Å². The van der Waals surface area contributed by atoms with Gasteiger partial charge in [0.15, 0.2) is 0 Å². The van der Waals surface area contributed by atoms with Crippen LogP contribution in [0.4, 0.5) is 0 Å². The fourth-order valence-corrected chi connectivity index (χ4v) is 2.05. The number of ether oxygens (including phenoxy) is 1. The standard InChI is InChI=1S/C14H19NOS/c1-14(2,3)12(10-17)9-16-13-6-4-11(8-15)5-7-13/h4-7,12,17H,9-10H2,1-3H3. The maximum atomic E-state index is 8.69. The van der Waals surface area contributed by atoms with Crippen molar-refractivity contribution in [3.63, 3.8) is 0 Å². The second-order valence-electron chi connectivity index (χ2n) is 5.19. The van der Waals surface area contributed by atoms with Crippen LogP contribution in [-0.2, 0) is 0 Å². The molecule has 0 saturated heterocycles. The lowest BCUT2D eigenvalue weighted by atomic mass is 9.82. The number of hydrogen-bond donors (Lipinski definition) is 1. The molecule has 0 amide bonds. The molecule has 1 rings (SSSR count). The maximum absolute atomic E-state index is 8.69. The molecule has 0 aromatic heterocycles. The molecule has 2 nitrogen and oxygen atoms in total. The molecule has 0 saturated carbocycles. The summed E-state index contributed by atoms with van der Waals surface area (Å²) in [6.45, 7) is 7.22. The SMILES string of the molecule is CC(C)(C)C(CS)COc1ccc(C#N)cc1. The van der Waals surface area contributed by atoms with Crippen LogP contribution in [0.25, 0.3) is 0 Å². The van der Waals surface area contributed by atoms with Crippen LogP contribution < -0.4 is 4.74 Å². The lowest BCUT2D eigenvalue weighted by Gasteiger charge is -2.29. The number of nitrogens with zero attached hydrogens (tertiary/aromatic N) is 1. The number of hydrogen-bond acceptors (Lipinski definition) is 3. The monoisotopic (exact) mass is 249 g/mol. The third-order valence-electron chi connectivity index (χ3n) is 2.88. The van der Waals surface area contributed by atoms with Gasteiger partial charge in [0.25, 0.3) is 0 Å². The maximum Gasteiger partial charge on any atom is 0.119 e. The van der Waals surface area contributed by atoms with Crippen LogP contribution >= 0.6 is 12.6 Å². The predicted molar refractivity (Wildman–Crippen MR) is 73.5 cm³/mol. The van der Waals surface area contributed by atoms with Gasteiger partial charge in [-0.3, -0.25) is 0 Å². The Balaban J connectivity index is 2.57. The highest BCUT2D eigenvalue weighted by Gasteiger charge is 2.23. The van der Waals surface area contributed by atoms with Gasteiger partial charge in [-0.2, -0.15) is 17.9 Å². The number of benzene rings is 1. The van der Waals surface area contributed by atoms with Crippen LogP contribution in [0.3, 0.4) is 0 Å². The van der Waals surface area contributed by atoms with Gasteiger partial charge in [0.2, 0.25) is 0 Å². The topological polar surface area (TPSA) is 33.0 Å². The summed E-state index contributed by atoms with van der Waals surface area (Å²) in [7, 11) is 0. The minimum Gasteiger partial charge on any atom is -0.493 e. The van der Waals surface area contributed by atoms with Gasteiger partial charge in [0.05, 0.1) is 18.2 Å². The summed E-state index contributed by atoms with van der Waals surface area (Å²) in [4.78, 5) is 0. The van der Waals surface area contributed by atoms with Gasteiger partial charge in [-0.1, -0.05) is 20.8 Å². The Morgan fingerprint density at radius 1 is 1.29 bits per heavy atom. The smallest absolute Gasteiger partial charge is 0.119 e. The molecule has 0 aliphatic carbocycles. The van der Waals surface area contributed by atoms with Crippen molar-refractivity contribution in [3.05, 3.63) is 29.8 Å². The minimum atomic E-state index is 0.189. The first-order valence-electron chi connectivity index (χ1n) is 5.71. The van der Waals surface area contributed by atoms with E-state index in [0.29, 0.717) is 18.1 Å². The highest BCUT2D eigenvalue weighted by Crippen LogP contribution is 2.27. The molecule has 3 heteroatoms. The lowest BCUT2D eigenvalue weighted by molar-refractivity contribution is 0.165. The van der Waals surface area contributed by atoms with E-state index in [9.17, 15) is 0 Å². The molecule has 0 heterocycles. The third-order valence-corrected chi connectivity index (χ3v) is 3.32. The summed E-state index contributed by atoms with van der Waals surface area (Å²) in [6, 6.07) is 9.28. The first-order chi connectivity index (χ1) is 7.97. The van der Waals surface area contributed by atoms with Gasteiger partial charge in [-0.25, -0.2) is 0 Å². The van der Waals surface area contributed by atoms with Crippen molar-refractivity contribution in [2.75, 3.05) is 12.4 Å². The summed E-state index contributed by atoms with van der Waals surface area (Å²) < 4.78 is 5.73. The van der Waals surface area contributed by atoms with Gasteiger partial charge >= 0.3 is 0 Å². The Hall–Kier alpha value is -1.14. The molecule has 0 aliphatic heterocycles. The van der Waals surface area contributed by atoms with Crippen molar-refractivity contribution in [1.82, 2.24) is 0 Å². The molecule has 0 aliphatic rings. The summed E-state index contributed by atoms with van der Waals surface area (Å²) in [5.41, 5.74) is 0.841. The first-order valence-corrected chi connectivity index (χ1v) is 6.34. The summed E-state index contributed by atoms with van der Waals surface area (Å²) in [5.74, 6) is 2.02. The molecule has 0 radical (unpaired) electrons. The molecule has 0 bridgehead atoms. The van der Waals surface area contributed by atoms with Gasteiger partial charge < -0.3 is 4.74 Å². The molecule has 1 aromatic rings. The van der Waals surface area contributed by atoms with Crippen molar-refractivity contribution >= 4 is 12.6 Å². The van der Waals surface area contributed by atoms with E-state index in [4.69, 9.17) is 10.00 Å². The Bertz CT molecular complexity index is 386. The van der Waals surface area contributed by atoms with E-state index >= 15 is 0 Å². The van der Waals surface area contributed by atoms with E-state index in [-0.39, 0.29) is 5.41 Å². The molecule has 1 unspecified atom stereocenters. The van der Waals surface area contributed by atoms with Crippen LogP contribution in [0.1, 0.15) is 26.3 Å². The van der Waals surface area contributed by atoms with Gasteiger partial charge in [0, 0.05) is 5.92 Å². The van der Waals surface area contributed by atoms with E-state index in [1.807, 2.05) is 12.1 Å². The average molecular weight is 249 g/mol. The Morgan fingerprint density at radius 3 is 2.29 bits per heavy atom. The second-order valence-corrected chi connectivity index (χ2v) is 5.56. The molecule has 17 heavy (non-hydrogen) atoms. The number of thiol groups is 1. The lowest BCUT2D eigenvalue weighted by Crippen LogP contribution is -2.28. The average Bonchev–Trinajstić information content (AvgIpc) is 2.29. The molecule has 92 valence electrons. The summed E-state index contributed by atoms with van der Waals surface area (Å²) in [6.07, 6.45) is 0. The van der Waals surface area contributed by atoms with Crippen LogP contribution in [0.15, 0.2) is 24.3 Å². The minimum absolute atomic E-state index is 0.189. The van der Waals surface area contributed by atoms with Gasteiger partial charge in [-0.05, 0) is 35.4 Å². The zero-order valence-corrected chi connectivity index (χ0v) is 11.5. The van der Waals surface area contributed by atoms with E-state index in [2.05, 4.69) is 39.5 Å². The van der Waals surface area contributed by atoms with Gasteiger partial charge in [0.1, 0.15) is 5.75 Å². The van der Waals surface area contributed by atoms with Crippen LogP contribution in [0, 0.1) is 22.7 Å². The third kappa shape index (κ3) is 4.32. The quantitative estimate of drug-likeness (QED) is 0.828. The second kappa shape index (κ2) is 5.97. The first kappa shape index (κ1) is 13.9. The van der Waals surface area contributed by atoms with Crippen molar-refractivity contribution in [3.8, 4) is 11.8 Å². The van der Waals surface area contributed by atoms with E-state index in [1.165, 1.54) is 0 Å². The van der Waals surface area contributed by atoms with Crippen molar-refractivity contribution in [1.29, 1.82) is 5.26 Å². The molecular weight excluding hydrogens is 230 g/mol. The van der Waals surface area contributed by atoms with E-state index in [0.717, 1.165) is 11.5 Å². The van der Waals surface area contributed by atoms with Crippen molar-refractivity contribution < 1.29 is 4.74 Å². The largest absolute Gasteiger partial charge is 0.493 e.